The van der Waals surface area contributed by atoms with Crippen molar-refractivity contribution in [3.63, 3.8) is 0 Å². The number of Topliss-reactive ketones (excluding diaryl/α,β-unsaturated/α-hetero) is 1. The van der Waals surface area contributed by atoms with E-state index in [0.29, 0.717) is 12.3 Å². The molecule has 1 fully saturated rings. The quantitative estimate of drug-likeness (QED) is 0.847. The lowest BCUT2D eigenvalue weighted by Gasteiger charge is -2.24. The van der Waals surface area contributed by atoms with Crippen LogP contribution in [0.15, 0.2) is 10.6 Å². The zero-order valence-electron chi connectivity index (χ0n) is 11.9. The summed E-state index contributed by atoms with van der Waals surface area (Å²) in [5.74, 6) is 1.31. The monoisotopic (exact) mass is 348 g/mol. The number of carbonyl (C=O) groups is 1. The van der Waals surface area contributed by atoms with Gasteiger partial charge in [0.2, 0.25) is 0 Å². The van der Waals surface area contributed by atoms with Crippen LogP contribution < -0.4 is 5.32 Å². The molecule has 0 bridgehead atoms. The minimum atomic E-state index is 0. The topological polar surface area (TPSA) is 32.3 Å². The Labute approximate surface area is 131 Å². The number of halogens is 1. The third-order valence-electron chi connectivity index (χ3n) is 3.97. The van der Waals surface area contributed by atoms with E-state index in [4.69, 9.17) is 0 Å². The average molecular weight is 349 g/mol. The fourth-order valence-electron chi connectivity index (χ4n) is 2.54. The standard InChI is InChI=1S/C14H24N2OS.BrH/c1-11-12(2)18-10-16(11)9-14(17)13-7-5-3-4-6-8-15-13;/h13,15H,3-10H2,1-2H3;1H. The first-order valence-corrected chi connectivity index (χ1v) is 7.98. The predicted molar refractivity (Wildman–Crippen MR) is 87.7 cm³/mol. The van der Waals surface area contributed by atoms with E-state index in [0.717, 1.165) is 18.8 Å². The predicted octanol–water partition coefficient (Wildman–Crippen LogP) is 3.31. The second-order valence-electron chi connectivity index (χ2n) is 5.29. The zero-order valence-corrected chi connectivity index (χ0v) is 14.4. The van der Waals surface area contributed by atoms with Crippen molar-refractivity contribution in [1.29, 1.82) is 0 Å². The summed E-state index contributed by atoms with van der Waals surface area (Å²) in [6.45, 7) is 5.83. The molecule has 0 radical (unpaired) electrons. The molecule has 3 nitrogen and oxygen atoms in total. The van der Waals surface area contributed by atoms with Crippen molar-refractivity contribution in [3.8, 4) is 0 Å². The van der Waals surface area contributed by atoms with Crippen LogP contribution in [0.4, 0.5) is 0 Å². The molecule has 1 saturated heterocycles. The molecule has 2 aliphatic rings. The van der Waals surface area contributed by atoms with Gasteiger partial charge in [0, 0.05) is 10.6 Å². The van der Waals surface area contributed by atoms with Gasteiger partial charge in [-0.05, 0) is 33.2 Å². The van der Waals surface area contributed by atoms with Crippen LogP contribution in [0.5, 0.6) is 0 Å². The number of hydrogen-bond acceptors (Lipinski definition) is 4. The van der Waals surface area contributed by atoms with E-state index in [1.54, 1.807) is 0 Å². The van der Waals surface area contributed by atoms with Crippen molar-refractivity contribution in [1.82, 2.24) is 10.2 Å². The van der Waals surface area contributed by atoms with Crippen LogP contribution in [0.2, 0.25) is 0 Å². The van der Waals surface area contributed by atoms with E-state index >= 15 is 0 Å². The van der Waals surface area contributed by atoms with Crippen LogP contribution in [-0.2, 0) is 4.79 Å². The molecule has 1 atom stereocenters. The first-order chi connectivity index (χ1) is 8.68. The molecule has 2 rings (SSSR count). The molecule has 0 aromatic carbocycles. The van der Waals surface area contributed by atoms with Gasteiger partial charge in [0.05, 0.1) is 18.5 Å². The molecule has 0 aliphatic carbocycles. The molecule has 0 aromatic rings. The molecule has 110 valence electrons. The normalized spacial score (nSPS) is 24.7. The fraction of sp³-hybridized carbons (Fsp3) is 0.786. The lowest BCUT2D eigenvalue weighted by Crippen LogP contribution is -2.43. The van der Waals surface area contributed by atoms with Gasteiger partial charge >= 0.3 is 0 Å². The molecule has 1 unspecified atom stereocenters. The molecular weight excluding hydrogens is 324 g/mol. The summed E-state index contributed by atoms with van der Waals surface area (Å²) in [6.07, 6.45) is 6.00. The number of ketones is 1. The van der Waals surface area contributed by atoms with Gasteiger partial charge in [-0.3, -0.25) is 4.79 Å². The highest BCUT2D eigenvalue weighted by Crippen LogP contribution is 2.30. The third-order valence-corrected chi connectivity index (χ3v) is 5.14. The fourth-order valence-corrected chi connectivity index (χ4v) is 3.51. The Bertz CT molecular complexity index is 338. The lowest BCUT2D eigenvalue weighted by atomic mass is 10.0. The van der Waals surface area contributed by atoms with Crippen molar-refractivity contribution < 1.29 is 4.79 Å². The van der Waals surface area contributed by atoms with E-state index in [9.17, 15) is 4.79 Å². The molecule has 0 saturated carbocycles. The Morgan fingerprint density at radius 2 is 2.05 bits per heavy atom. The number of hydrogen-bond donors (Lipinski definition) is 1. The number of thioether (sulfide) groups is 1. The van der Waals surface area contributed by atoms with Crippen LogP contribution in [-0.4, -0.2) is 35.7 Å². The Morgan fingerprint density at radius 1 is 1.32 bits per heavy atom. The molecule has 5 heteroatoms. The molecule has 0 amide bonds. The van der Waals surface area contributed by atoms with Gasteiger partial charge in [0.1, 0.15) is 0 Å². The summed E-state index contributed by atoms with van der Waals surface area (Å²) in [5, 5.41) is 3.42. The number of nitrogens with one attached hydrogen (secondary N) is 1. The summed E-state index contributed by atoms with van der Waals surface area (Å²) in [4.78, 5) is 15.9. The van der Waals surface area contributed by atoms with E-state index < -0.39 is 0 Å². The summed E-state index contributed by atoms with van der Waals surface area (Å²) >= 11 is 1.84. The summed E-state index contributed by atoms with van der Waals surface area (Å²) in [6, 6.07) is 0.0870. The maximum atomic E-state index is 12.3. The SMILES string of the molecule is Br.CC1=C(C)N(CC(=O)C2CCCCCCN2)CS1. The van der Waals surface area contributed by atoms with Crippen molar-refractivity contribution >= 4 is 34.5 Å². The van der Waals surface area contributed by atoms with Gasteiger partial charge < -0.3 is 10.2 Å². The Hall–Kier alpha value is -0.0000000000000000555. The number of nitrogens with zero attached hydrogens (tertiary/aromatic N) is 1. The van der Waals surface area contributed by atoms with Crippen LogP contribution in [0, 0.1) is 0 Å². The molecule has 2 heterocycles. The number of carbonyl (C=O) groups excluding carboxylic acids is 1. The lowest BCUT2D eigenvalue weighted by molar-refractivity contribution is -0.121. The Kier molecular flexibility index (Phi) is 7.47. The molecule has 0 spiro atoms. The van der Waals surface area contributed by atoms with Gasteiger partial charge in [0.15, 0.2) is 5.78 Å². The third kappa shape index (κ3) is 4.80. The summed E-state index contributed by atoms with van der Waals surface area (Å²) in [7, 11) is 0. The highest BCUT2D eigenvalue weighted by Gasteiger charge is 2.24. The molecule has 1 N–H and O–H groups in total. The van der Waals surface area contributed by atoms with Gasteiger partial charge in [-0.15, -0.1) is 28.7 Å². The van der Waals surface area contributed by atoms with Crippen LogP contribution >= 0.6 is 28.7 Å². The number of rotatable bonds is 3. The van der Waals surface area contributed by atoms with Gasteiger partial charge in [-0.2, -0.15) is 0 Å². The van der Waals surface area contributed by atoms with E-state index in [1.807, 2.05) is 11.8 Å². The maximum absolute atomic E-state index is 12.3. The van der Waals surface area contributed by atoms with Crippen LogP contribution in [0.1, 0.15) is 46.0 Å². The van der Waals surface area contributed by atoms with E-state index in [1.165, 1.54) is 36.3 Å². The highest BCUT2D eigenvalue weighted by molar-refractivity contribution is 8.93. The molecular formula is C14H25BrN2OS. The average Bonchev–Trinajstić information content (AvgIpc) is 2.60. The largest absolute Gasteiger partial charge is 0.357 e. The summed E-state index contributed by atoms with van der Waals surface area (Å²) < 4.78 is 0. The van der Waals surface area contributed by atoms with Crippen molar-refractivity contribution in [2.24, 2.45) is 0 Å². The van der Waals surface area contributed by atoms with Crippen molar-refractivity contribution in [2.75, 3.05) is 19.0 Å². The molecule has 19 heavy (non-hydrogen) atoms. The van der Waals surface area contributed by atoms with E-state index in [-0.39, 0.29) is 23.0 Å². The van der Waals surface area contributed by atoms with Gasteiger partial charge in [0.25, 0.3) is 0 Å². The first-order valence-electron chi connectivity index (χ1n) is 7.00. The Balaban J connectivity index is 0.00000180. The Morgan fingerprint density at radius 3 is 2.74 bits per heavy atom. The smallest absolute Gasteiger partial charge is 0.168 e. The molecule has 0 aromatic heterocycles. The minimum absolute atomic E-state index is 0. The second kappa shape index (κ2) is 8.32. The summed E-state index contributed by atoms with van der Waals surface area (Å²) in [5.41, 5.74) is 1.28. The highest BCUT2D eigenvalue weighted by atomic mass is 79.9. The molecule has 2 aliphatic heterocycles. The van der Waals surface area contributed by atoms with E-state index in [2.05, 4.69) is 24.1 Å². The van der Waals surface area contributed by atoms with Gasteiger partial charge in [-0.1, -0.05) is 19.3 Å². The van der Waals surface area contributed by atoms with Crippen LogP contribution in [0.25, 0.3) is 0 Å². The second-order valence-corrected chi connectivity index (χ2v) is 6.45. The maximum Gasteiger partial charge on any atom is 0.168 e. The first kappa shape index (κ1) is 17.1. The van der Waals surface area contributed by atoms with Crippen LogP contribution in [0.3, 0.4) is 0 Å². The van der Waals surface area contributed by atoms with Gasteiger partial charge in [-0.25, -0.2) is 0 Å². The minimum Gasteiger partial charge on any atom is -0.357 e. The number of allylic oxidation sites excluding steroid dienone is 2. The van der Waals surface area contributed by atoms with Crippen molar-refractivity contribution in [3.05, 3.63) is 10.6 Å². The van der Waals surface area contributed by atoms with Crippen molar-refractivity contribution in [2.45, 2.75) is 52.0 Å². The zero-order chi connectivity index (χ0) is 13.0.